The van der Waals surface area contributed by atoms with Crippen molar-refractivity contribution in [2.75, 3.05) is 18.9 Å². The first-order chi connectivity index (χ1) is 8.51. The van der Waals surface area contributed by atoms with Crippen LogP contribution < -0.4 is 5.32 Å². The molecule has 0 saturated heterocycles. The summed E-state index contributed by atoms with van der Waals surface area (Å²) in [7, 11) is 1.74. The summed E-state index contributed by atoms with van der Waals surface area (Å²) in [5, 5.41) is 3.33. The van der Waals surface area contributed by atoms with E-state index < -0.39 is 0 Å². The zero-order valence-corrected chi connectivity index (χ0v) is 12.1. The summed E-state index contributed by atoms with van der Waals surface area (Å²) in [6, 6.07) is 1.83. The summed E-state index contributed by atoms with van der Waals surface area (Å²) in [4.78, 5) is 18.3. The molecule has 5 heteroatoms. The number of hydrogen-bond donors (Lipinski definition) is 1. The third-order valence-corrected chi connectivity index (χ3v) is 2.96. The lowest BCUT2D eigenvalue weighted by Gasteiger charge is -2.26. The van der Waals surface area contributed by atoms with Crippen molar-refractivity contribution in [3.63, 3.8) is 0 Å². The highest BCUT2D eigenvalue weighted by atomic mass is 35.5. The van der Waals surface area contributed by atoms with Gasteiger partial charge in [-0.3, -0.25) is 4.79 Å². The molecule has 18 heavy (non-hydrogen) atoms. The fraction of sp³-hybridized carbons (Fsp3) is 0.538. The molecule has 0 radical (unpaired) electrons. The number of amides is 1. The van der Waals surface area contributed by atoms with Crippen molar-refractivity contribution in [3.8, 4) is 0 Å². The fourth-order valence-corrected chi connectivity index (χ4v) is 2.00. The number of nitrogens with zero attached hydrogens (tertiary/aromatic N) is 2. The summed E-state index contributed by atoms with van der Waals surface area (Å²) in [5.74, 6) is 0.559. The third kappa shape index (κ3) is 3.35. The van der Waals surface area contributed by atoms with Crippen LogP contribution in [0.5, 0.6) is 0 Å². The summed E-state index contributed by atoms with van der Waals surface area (Å²) in [5.41, 5.74) is 0.529. The maximum absolute atomic E-state index is 12.3. The Morgan fingerprint density at radius 1 is 1.56 bits per heavy atom. The highest BCUT2D eigenvalue weighted by molar-refractivity contribution is 6.33. The predicted octanol–water partition coefficient (Wildman–Crippen LogP) is 3.04. The molecule has 1 heterocycles. The topological polar surface area (TPSA) is 45.2 Å². The van der Waals surface area contributed by atoms with Crippen LogP contribution in [-0.2, 0) is 0 Å². The van der Waals surface area contributed by atoms with E-state index in [1.807, 2.05) is 18.7 Å². The van der Waals surface area contributed by atoms with Crippen molar-refractivity contribution in [2.24, 2.45) is 0 Å². The van der Waals surface area contributed by atoms with Crippen LogP contribution in [0.1, 0.15) is 37.6 Å². The largest absolute Gasteiger partial charge is 0.372 e. The first-order valence-electron chi connectivity index (χ1n) is 6.15. The molecule has 4 nitrogen and oxygen atoms in total. The summed E-state index contributed by atoms with van der Waals surface area (Å²) in [6.45, 7) is 6.80. The van der Waals surface area contributed by atoms with E-state index in [0.717, 1.165) is 13.0 Å². The lowest BCUT2D eigenvalue weighted by atomic mass is 10.2. The van der Waals surface area contributed by atoms with Gasteiger partial charge in [-0.2, -0.15) is 0 Å². The zero-order valence-electron chi connectivity index (χ0n) is 11.3. The predicted molar refractivity (Wildman–Crippen MR) is 75.3 cm³/mol. The van der Waals surface area contributed by atoms with Gasteiger partial charge in [0.15, 0.2) is 0 Å². The van der Waals surface area contributed by atoms with Gasteiger partial charge in [-0.05, 0) is 26.3 Å². The van der Waals surface area contributed by atoms with Crippen LogP contribution in [0.15, 0.2) is 12.3 Å². The summed E-state index contributed by atoms with van der Waals surface area (Å²) in [6.07, 6.45) is 2.49. The molecule has 0 atom stereocenters. The minimum atomic E-state index is -0.0242. The van der Waals surface area contributed by atoms with Gasteiger partial charge < -0.3 is 10.2 Å². The Morgan fingerprint density at radius 3 is 2.67 bits per heavy atom. The van der Waals surface area contributed by atoms with E-state index in [1.54, 1.807) is 19.3 Å². The van der Waals surface area contributed by atoms with Crippen molar-refractivity contribution in [1.29, 1.82) is 0 Å². The second-order valence-electron chi connectivity index (χ2n) is 4.40. The van der Waals surface area contributed by atoms with Gasteiger partial charge >= 0.3 is 0 Å². The van der Waals surface area contributed by atoms with Gasteiger partial charge in [-0.1, -0.05) is 18.5 Å². The van der Waals surface area contributed by atoms with E-state index in [1.165, 1.54) is 0 Å². The van der Waals surface area contributed by atoms with Crippen LogP contribution in [0.25, 0.3) is 0 Å². The molecule has 0 spiro atoms. The summed E-state index contributed by atoms with van der Waals surface area (Å²) < 4.78 is 0. The Bertz CT molecular complexity index is 421. The van der Waals surface area contributed by atoms with Crippen molar-refractivity contribution in [2.45, 2.75) is 33.2 Å². The van der Waals surface area contributed by atoms with Crippen LogP contribution in [0.2, 0.25) is 5.02 Å². The average molecular weight is 270 g/mol. The Hall–Kier alpha value is -1.29. The molecular weight excluding hydrogens is 250 g/mol. The van der Waals surface area contributed by atoms with Gasteiger partial charge in [0, 0.05) is 25.8 Å². The third-order valence-electron chi connectivity index (χ3n) is 2.67. The van der Waals surface area contributed by atoms with Crippen molar-refractivity contribution < 1.29 is 4.79 Å². The van der Waals surface area contributed by atoms with Crippen LogP contribution in [0.3, 0.4) is 0 Å². The van der Waals surface area contributed by atoms with E-state index in [4.69, 9.17) is 11.6 Å². The Kier molecular flexibility index (Phi) is 5.41. The number of hydrogen-bond acceptors (Lipinski definition) is 3. The molecular formula is C13H20ClN3O. The smallest absolute Gasteiger partial charge is 0.255 e. The van der Waals surface area contributed by atoms with E-state index >= 15 is 0 Å². The van der Waals surface area contributed by atoms with E-state index in [-0.39, 0.29) is 11.9 Å². The number of carbonyl (C=O) groups excluding carboxylic acids is 1. The monoisotopic (exact) mass is 269 g/mol. The Balaban J connectivity index is 2.98. The van der Waals surface area contributed by atoms with Gasteiger partial charge in [0.2, 0.25) is 0 Å². The minimum absolute atomic E-state index is 0.0242. The molecule has 0 aliphatic heterocycles. The number of rotatable bonds is 5. The molecule has 0 aliphatic carbocycles. The first kappa shape index (κ1) is 14.8. The molecule has 0 saturated carbocycles. The quantitative estimate of drug-likeness (QED) is 0.894. The molecule has 0 aliphatic rings. The highest BCUT2D eigenvalue weighted by Crippen LogP contribution is 2.20. The average Bonchev–Trinajstić information content (AvgIpc) is 2.34. The van der Waals surface area contributed by atoms with Crippen LogP contribution >= 0.6 is 11.6 Å². The SMILES string of the molecule is CCCN(C(=O)c1cnc(NC)c(Cl)c1)C(C)C. The number of pyridine rings is 1. The summed E-state index contributed by atoms with van der Waals surface area (Å²) >= 11 is 6.04. The van der Waals surface area contributed by atoms with Gasteiger partial charge in [-0.15, -0.1) is 0 Å². The lowest BCUT2D eigenvalue weighted by molar-refractivity contribution is 0.0705. The molecule has 1 N–H and O–H groups in total. The Labute approximate surface area is 113 Å². The minimum Gasteiger partial charge on any atom is -0.372 e. The molecule has 0 fully saturated rings. The number of halogens is 1. The van der Waals surface area contributed by atoms with Gasteiger partial charge in [0.05, 0.1) is 10.6 Å². The van der Waals surface area contributed by atoms with Crippen molar-refractivity contribution in [3.05, 3.63) is 22.8 Å². The second kappa shape index (κ2) is 6.59. The van der Waals surface area contributed by atoms with E-state index in [2.05, 4.69) is 17.2 Å². The molecule has 0 unspecified atom stereocenters. The van der Waals surface area contributed by atoms with Gasteiger partial charge in [0.25, 0.3) is 5.91 Å². The van der Waals surface area contributed by atoms with Crippen LogP contribution in [0.4, 0.5) is 5.82 Å². The van der Waals surface area contributed by atoms with Crippen LogP contribution in [-0.4, -0.2) is 35.4 Å². The van der Waals surface area contributed by atoms with E-state index in [9.17, 15) is 4.79 Å². The molecule has 1 aromatic heterocycles. The maximum Gasteiger partial charge on any atom is 0.255 e. The number of nitrogens with one attached hydrogen (secondary N) is 1. The number of anilines is 1. The zero-order chi connectivity index (χ0) is 13.7. The molecule has 0 bridgehead atoms. The van der Waals surface area contributed by atoms with Crippen molar-refractivity contribution >= 4 is 23.3 Å². The molecule has 1 rings (SSSR count). The van der Waals surface area contributed by atoms with Crippen LogP contribution in [0, 0.1) is 0 Å². The molecule has 100 valence electrons. The lowest BCUT2D eigenvalue weighted by Crippen LogP contribution is -2.37. The van der Waals surface area contributed by atoms with E-state index in [0.29, 0.717) is 16.4 Å². The number of aromatic nitrogens is 1. The first-order valence-corrected chi connectivity index (χ1v) is 6.53. The standard InChI is InChI=1S/C13H20ClN3O/c1-5-6-17(9(2)3)13(18)10-7-11(14)12(15-4)16-8-10/h7-9H,5-6H2,1-4H3,(H,15,16). The number of carbonyl (C=O) groups is 1. The second-order valence-corrected chi connectivity index (χ2v) is 4.80. The molecule has 1 amide bonds. The molecule has 0 aromatic carbocycles. The highest BCUT2D eigenvalue weighted by Gasteiger charge is 2.19. The normalized spacial score (nSPS) is 10.6. The maximum atomic E-state index is 12.3. The fourth-order valence-electron chi connectivity index (χ4n) is 1.74. The van der Waals surface area contributed by atoms with Gasteiger partial charge in [-0.25, -0.2) is 4.98 Å². The van der Waals surface area contributed by atoms with Gasteiger partial charge in [0.1, 0.15) is 5.82 Å². The Morgan fingerprint density at radius 2 is 2.22 bits per heavy atom. The molecule has 1 aromatic rings. The van der Waals surface area contributed by atoms with Crippen molar-refractivity contribution in [1.82, 2.24) is 9.88 Å².